The third kappa shape index (κ3) is 2.97. The molecule has 0 spiro atoms. The smallest absolute Gasteiger partial charge is 0.262 e. The van der Waals surface area contributed by atoms with Crippen LogP contribution in [0.25, 0.3) is 0 Å². The van der Waals surface area contributed by atoms with Crippen LogP contribution < -0.4 is 5.32 Å². The Kier molecular flexibility index (Phi) is 4.01. The summed E-state index contributed by atoms with van der Waals surface area (Å²) < 4.78 is 1.80. The van der Waals surface area contributed by atoms with Crippen LogP contribution in [0.2, 0.25) is 0 Å². The lowest BCUT2D eigenvalue weighted by Gasteiger charge is -2.09. The molecule has 2 rings (SSSR count). The highest BCUT2D eigenvalue weighted by atomic mass is 79.9. The van der Waals surface area contributed by atoms with E-state index in [1.54, 1.807) is 18.5 Å². The summed E-state index contributed by atoms with van der Waals surface area (Å²) in [5.41, 5.74) is 0. The van der Waals surface area contributed by atoms with Gasteiger partial charge in [-0.15, -0.1) is 11.3 Å². The van der Waals surface area contributed by atoms with Crippen LogP contribution in [0.3, 0.4) is 0 Å². The molecule has 2 heterocycles. The predicted octanol–water partition coefficient (Wildman–Crippen LogP) is 3.49. The zero-order valence-corrected chi connectivity index (χ0v) is 12.8. The number of hydrogen-bond acceptors (Lipinski definition) is 3. The van der Waals surface area contributed by atoms with Gasteiger partial charge >= 0.3 is 0 Å². The van der Waals surface area contributed by atoms with E-state index in [1.165, 1.54) is 11.3 Å². The van der Waals surface area contributed by atoms with E-state index in [2.05, 4.69) is 47.1 Å². The van der Waals surface area contributed by atoms with E-state index in [9.17, 15) is 4.79 Å². The van der Waals surface area contributed by atoms with Gasteiger partial charge in [0.25, 0.3) is 5.91 Å². The van der Waals surface area contributed by atoms with Crippen molar-refractivity contribution in [3.8, 4) is 0 Å². The third-order valence-electron chi connectivity index (χ3n) is 2.15. The number of imidazole rings is 1. The second-order valence-electron chi connectivity index (χ2n) is 3.40. The number of aromatic amines is 1. The average molecular weight is 379 g/mol. The fourth-order valence-corrected chi connectivity index (χ4v) is 3.25. The van der Waals surface area contributed by atoms with E-state index in [1.807, 2.05) is 6.92 Å². The highest BCUT2D eigenvalue weighted by molar-refractivity contribution is 9.13. The maximum absolute atomic E-state index is 11.9. The lowest BCUT2D eigenvalue weighted by Crippen LogP contribution is -2.26. The molecule has 0 aliphatic heterocycles. The van der Waals surface area contributed by atoms with E-state index in [0.717, 1.165) is 14.1 Å². The van der Waals surface area contributed by atoms with Crippen molar-refractivity contribution in [2.75, 3.05) is 0 Å². The second kappa shape index (κ2) is 5.32. The maximum Gasteiger partial charge on any atom is 0.262 e. The molecule has 0 aliphatic rings. The Morgan fingerprint density at radius 3 is 2.88 bits per heavy atom. The SMILES string of the molecule is CC(NC(=O)c1cc(Br)c(Br)s1)c1ncc[nH]1. The normalized spacial score (nSPS) is 12.4. The zero-order valence-electron chi connectivity index (χ0n) is 8.83. The van der Waals surface area contributed by atoms with Crippen LogP contribution in [0.4, 0.5) is 0 Å². The molecule has 0 aromatic carbocycles. The van der Waals surface area contributed by atoms with Gasteiger partial charge in [-0.1, -0.05) is 0 Å². The number of nitrogens with one attached hydrogen (secondary N) is 2. The van der Waals surface area contributed by atoms with E-state index < -0.39 is 0 Å². The van der Waals surface area contributed by atoms with E-state index >= 15 is 0 Å². The lowest BCUT2D eigenvalue weighted by molar-refractivity contribution is 0.0942. The molecule has 0 bridgehead atoms. The third-order valence-corrected chi connectivity index (χ3v) is 5.40. The fourth-order valence-electron chi connectivity index (χ4n) is 1.31. The molecule has 0 saturated heterocycles. The summed E-state index contributed by atoms with van der Waals surface area (Å²) in [6.45, 7) is 1.88. The summed E-state index contributed by atoms with van der Waals surface area (Å²) >= 11 is 8.11. The Bertz CT molecular complexity index is 504. The minimum absolute atomic E-state index is 0.106. The Morgan fingerprint density at radius 2 is 2.35 bits per heavy atom. The van der Waals surface area contributed by atoms with Crippen molar-refractivity contribution in [3.63, 3.8) is 0 Å². The molecule has 90 valence electrons. The van der Waals surface area contributed by atoms with Crippen molar-refractivity contribution in [2.45, 2.75) is 13.0 Å². The van der Waals surface area contributed by atoms with Gasteiger partial charge in [-0.25, -0.2) is 4.98 Å². The average Bonchev–Trinajstić information content (AvgIpc) is 2.89. The Morgan fingerprint density at radius 1 is 1.59 bits per heavy atom. The summed E-state index contributed by atoms with van der Waals surface area (Å²) in [6, 6.07) is 1.65. The first kappa shape index (κ1) is 12.8. The molecule has 1 atom stereocenters. The highest BCUT2D eigenvalue weighted by Crippen LogP contribution is 2.32. The first-order valence-electron chi connectivity index (χ1n) is 4.83. The Labute approximate surface area is 119 Å². The first-order valence-corrected chi connectivity index (χ1v) is 7.23. The zero-order chi connectivity index (χ0) is 12.4. The molecule has 2 N–H and O–H groups in total. The van der Waals surface area contributed by atoms with Crippen LogP contribution >= 0.6 is 43.2 Å². The van der Waals surface area contributed by atoms with Crippen LogP contribution in [-0.4, -0.2) is 15.9 Å². The molecule has 1 unspecified atom stereocenters. The van der Waals surface area contributed by atoms with Crippen LogP contribution in [0, 0.1) is 0 Å². The molecular formula is C10H9Br2N3OS. The van der Waals surface area contributed by atoms with Gasteiger partial charge < -0.3 is 10.3 Å². The van der Waals surface area contributed by atoms with Crippen LogP contribution in [0.5, 0.6) is 0 Å². The number of aromatic nitrogens is 2. The monoisotopic (exact) mass is 377 g/mol. The summed E-state index contributed by atoms with van der Waals surface area (Å²) in [4.78, 5) is 19.7. The van der Waals surface area contributed by atoms with Gasteiger partial charge in [-0.2, -0.15) is 0 Å². The van der Waals surface area contributed by atoms with Gasteiger partial charge in [0.1, 0.15) is 5.82 Å². The van der Waals surface area contributed by atoms with Gasteiger partial charge in [0.2, 0.25) is 0 Å². The number of thiophene rings is 1. The first-order chi connectivity index (χ1) is 8.08. The van der Waals surface area contributed by atoms with Crippen molar-refractivity contribution in [2.24, 2.45) is 0 Å². The number of amides is 1. The van der Waals surface area contributed by atoms with Crippen molar-refractivity contribution >= 4 is 49.1 Å². The van der Waals surface area contributed by atoms with Crippen LogP contribution in [-0.2, 0) is 0 Å². The maximum atomic E-state index is 11.9. The van der Waals surface area contributed by atoms with Gasteiger partial charge in [0.05, 0.1) is 14.7 Å². The molecule has 0 fully saturated rings. The number of halogens is 2. The second-order valence-corrected chi connectivity index (χ2v) is 6.63. The van der Waals surface area contributed by atoms with Crippen LogP contribution in [0.1, 0.15) is 28.5 Å². The van der Waals surface area contributed by atoms with Gasteiger partial charge in [-0.05, 0) is 44.8 Å². The largest absolute Gasteiger partial charge is 0.347 e. The number of H-pyrrole nitrogens is 1. The lowest BCUT2D eigenvalue weighted by atomic mass is 10.3. The van der Waals surface area contributed by atoms with Gasteiger partial charge in [0.15, 0.2) is 0 Å². The molecule has 2 aromatic rings. The summed E-state index contributed by atoms with van der Waals surface area (Å²) in [6.07, 6.45) is 3.40. The molecule has 7 heteroatoms. The summed E-state index contributed by atoms with van der Waals surface area (Å²) in [5, 5.41) is 2.88. The van der Waals surface area contributed by atoms with E-state index in [-0.39, 0.29) is 11.9 Å². The molecule has 0 radical (unpaired) electrons. The van der Waals surface area contributed by atoms with E-state index in [0.29, 0.717) is 4.88 Å². The number of carbonyl (C=O) groups excluding carboxylic acids is 1. The Balaban J connectivity index is 2.07. The van der Waals surface area contributed by atoms with Crippen molar-refractivity contribution < 1.29 is 4.79 Å². The summed E-state index contributed by atoms with van der Waals surface area (Å²) in [7, 11) is 0. The number of rotatable bonds is 3. The minimum atomic E-state index is -0.142. The van der Waals surface area contributed by atoms with Crippen molar-refractivity contribution in [1.29, 1.82) is 0 Å². The predicted molar refractivity (Wildman–Crippen MR) is 74.2 cm³/mol. The van der Waals surface area contributed by atoms with E-state index in [4.69, 9.17) is 0 Å². The quantitative estimate of drug-likeness (QED) is 0.858. The molecule has 2 aromatic heterocycles. The standard InChI is InChI=1S/C10H9Br2N3OS/c1-5(9-13-2-3-14-9)15-10(16)7-4-6(11)8(12)17-7/h2-5H,1H3,(H,13,14)(H,15,16). The molecule has 1 amide bonds. The van der Waals surface area contributed by atoms with Crippen molar-refractivity contribution in [1.82, 2.24) is 15.3 Å². The van der Waals surface area contributed by atoms with Crippen molar-refractivity contribution in [3.05, 3.63) is 37.4 Å². The highest BCUT2D eigenvalue weighted by Gasteiger charge is 2.16. The summed E-state index contributed by atoms with van der Waals surface area (Å²) in [5.74, 6) is 0.637. The molecule has 4 nitrogen and oxygen atoms in total. The topological polar surface area (TPSA) is 57.8 Å². The number of hydrogen-bond donors (Lipinski definition) is 2. The van der Waals surface area contributed by atoms with Crippen LogP contribution in [0.15, 0.2) is 26.7 Å². The minimum Gasteiger partial charge on any atom is -0.347 e. The fraction of sp³-hybridized carbons (Fsp3) is 0.200. The molecular weight excluding hydrogens is 370 g/mol. The number of carbonyl (C=O) groups is 1. The number of nitrogens with zero attached hydrogens (tertiary/aromatic N) is 1. The molecule has 17 heavy (non-hydrogen) atoms. The molecule has 0 saturated carbocycles. The van der Waals surface area contributed by atoms with Gasteiger partial charge in [0, 0.05) is 16.9 Å². The molecule has 0 aliphatic carbocycles. The Hall–Kier alpha value is -0.660. The van der Waals surface area contributed by atoms with Gasteiger partial charge in [-0.3, -0.25) is 4.79 Å².